The van der Waals surface area contributed by atoms with Crippen LogP contribution in [0, 0.1) is 0 Å². The lowest BCUT2D eigenvalue weighted by atomic mass is 9.94. The summed E-state index contributed by atoms with van der Waals surface area (Å²) in [6, 6.07) is 72.4. The van der Waals surface area contributed by atoms with E-state index in [1.54, 1.807) is 0 Å². The molecule has 0 bridgehead atoms. The molecular weight excluding hydrogens is 687 g/mol. The van der Waals surface area contributed by atoms with Gasteiger partial charge in [-0.1, -0.05) is 140 Å². The van der Waals surface area contributed by atoms with E-state index in [4.69, 9.17) is 4.42 Å². The normalized spacial score (nSPS) is 11.6. The van der Waals surface area contributed by atoms with Crippen molar-refractivity contribution in [2.24, 2.45) is 0 Å². The van der Waals surface area contributed by atoms with Crippen LogP contribution in [0.5, 0.6) is 0 Å². The number of anilines is 3. The minimum absolute atomic E-state index is 0.908. The van der Waals surface area contributed by atoms with E-state index in [1.165, 1.54) is 53.2 Å². The summed E-state index contributed by atoms with van der Waals surface area (Å²) in [5.41, 5.74) is 12.3. The van der Waals surface area contributed by atoms with Crippen LogP contribution in [0.2, 0.25) is 0 Å². The molecule has 9 aromatic carbocycles. The number of nitrogens with zero attached hydrogens (tertiary/aromatic N) is 1. The topological polar surface area (TPSA) is 16.4 Å². The number of para-hydroxylation sites is 2. The molecule has 0 amide bonds. The average Bonchev–Trinajstić information content (AvgIpc) is 3.82. The van der Waals surface area contributed by atoms with Crippen LogP contribution < -0.4 is 4.90 Å². The minimum Gasteiger partial charge on any atom is -0.456 e. The summed E-state index contributed by atoms with van der Waals surface area (Å²) < 4.78 is 8.71. The highest BCUT2D eigenvalue weighted by Crippen LogP contribution is 2.45. The van der Waals surface area contributed by atoms with Crippen molar-refractivity contribution in [1.29, 1.82) is 0 Å². The number of hydrogen-bond donors (Lipinski definition) is 0. The fraction of sp³-hybridized carbons (Fsp3) is 0. The van der Waals surface area contributed by atoms with Gasteiger partial charge in [-0.15, -0.1) is 11.3 Å². The molecule has 0 aliphatic rings. The van der Waals surface area contributed by atoms with Gasteiger partial charge < -0.3 is 9.32 Å². The van der Waals surface area contributed by atoms with E-state index < -0.39 is 0 Å². The number of fused-ring (bicyclic) bond motifs is 7. The minimum atomic E-state index is 0.908. The maximum Gasteiger partial charge on any atom is 0.135 e. The highest BCUT2D eigenvalue weighted by atomic mass is 32.1. The summed E-state index contributed by atoms with van der Waals surface area (Å²) in [6.07, 6.45) is 0. The Bertz CT molecular complexity index is 3220. The largest absolute Gasteiger partial charge is 0.456 e. The van der Waals surface area contributed by atoms with Gasteiger partial charge in [-0.3, -0.25) is 0 Å². The maximum atomic E-state index is 6.13. The predicted molar refractivity (Wildman–Crippen MR) is 235 cm³/mol. The van der Waals surface area contributed by atoms with Crippen LogP contribution in [0.3, 0.4) is 0 Å². The van der Waals surface area contributed by atoms with E-state index in [0.29, 0.717) is 0 Å². The van der Waals surface area contributed by atoms with Crippen LogP contribution in [0.25, 0.3) is 86.3 Å². The molecule has 11 aromatic rings. The van der Waals surface area contributed by atoms with Gasteiger partial charge in [0.05, 0.1) is 5.69 Å². The first kappa shape index (κ1) is 31.6. The summed E-state index contributed by atoms with van der Waals surface area (Å²) in [5.74, 6) is 0. The van der Waals surface area contributed by atoms with Crippen molar-refractivity contribution in [3.63, 3.8) is 0 Å². The number of rotatable bonds is 6. The second kappa shape index (κ2) is 12.9. The highest BCUT2D eigenvalue weighted by molar-refractivity contribution is 7.25. The standard InChI is InChI=1S/C52H33NOS/c1-2-15-41-35(11-1)12-10-19-42(41)37-13-9-14-38(31-37)43-16-3-6-20-48(43)53(40-28-29-46-45-18-5-8-22-51(45)55-52(46)33-40)39-26-23-34(24-27-39)36-25-30-50-47(32-36)44-17-4-7-21-49(44)54-50/h1-33H. The number of thiophene rings is 1. The van der Waals surface area contributed by atoms with Crippen molar-refractivity contribution >= 4 is 81.3 Å². The third-order valence-corrected chi connectivity index (χ3v) is 12.0. The summed E-state index contributed by atoms with van der Waals surface area (Å²) in [6.45, 7) is 0. The van der Waals surface area contributed by atoms with Gasteiger partial charge in [-0.2, -0.15) is 0 Å². The molecule has 258 valence electrons. The second-order valence-electron chi connectivity index (χ2n) is 14.1. The van der Waals surface area contributed by atoms with E-state index in [-0.39, 0.29) is 0 Å². The summed E-state index contributed by atoms with van der Waals surface area (Å²) in [4.78, 5) is 2.42. The zero-order valence-electron chi connectivity index (χ0n) is 29.8. The SMILES string of the molecule is c1cc(-c2ccccc2N(c2ccc(-c3ccc4oc5ccccc5c4c3)cc2)c2ccc3c(c2)sc2ccccc23)cc(-c2cccc3ccccc23)c1. The Morgan fingerprint density at radius 1 is 0.345 bits per heavy atom. The zero-order chi connectivity index (χ0) is 36.3. The number of hydrogen-bond acceptors (Lipinski definition) is 3. The third-order valence-electron chi connectivity index (χ3n) is 10.9. The predicted octanol–water partition coefficient (Wildman–Crippen LogP) is 15.6. The lowest BCUT2D eigenvalue weighted by Gasteiger charge is -2.28. The summed E-state index contributed by atoms with van der Waals surface area (Å²) in [5, 5.41) is 7.37. The van der Waals surface area contributed by atoms with E-state index in [0.717, 1.165) is 50.1 Å². The van der Waals surface area contributed by atoms with Crippen molar-refractivity contribution in [2.75, 3.05) is 4.90 Å². The van der Waals surface area contributed by atoms with Gasteiger partial charge in [0.2, 0.25) is 0 Å². The summed E-state index contributed by atoms with van der Waals surface area (Å²) in [7, 11) is 0. The number of benzene rings is 9. The first-order valence-electron chi connectivity index (χ1n) is 18.7. The van der Waals surface area contributed by atoms with Crippen LogP contribution in [0.15, 0.2) is 205 Å². The van der Waals surface area contributed by atoms with Gasteiger partial charge in [0.25, 0.3) is 0 Å². The van der Waals surface area contributed by atoms with Gasteiger partial charge in [0.15, 0.2) is 0 Å². The molecular formula is C52H33NOS. The molecule has 0 unspecified atom stereocenters. The van der Waals surface area contributed by atoms with Gasteiger partial charge in [0, 0.05) is 47.9 Å². The van der Waals surface area contributed by atoms with E-state index in [1.807, 2.05) is 23.5 Å². The molecule has 11 rings (SSSR count). The van der Waals surface area contributed by atoms with E-state index in [2.05, 4.69) is 193 Å². The van der Waals surface area contributed by atoms with Gasteiger partial charge >= 0.3 is 0 Å². The Hall–Kier alpha value is -6.94. The zero-order valence-corrected chi connectivity index (χ0v) is 30.6. The quantitative estimate of drug-likeness (QED) is 0.170. The fourth-order valence-electron chi connectivity index (χ4n) is 8.23. The van der Waals surface area contributed by atoms with Crippen molar-refractivity contribution in [3.05, 3.63) is 200 Å². The fourth-order valence-corrected chi connectivity index (χ4v) is 9.37. The molecule has 0 N–H and O–H groups in total. The Kier molecular flexibility index (Phi) is 7.39. The average molecular weight is 720 g/mol. The van der Waals surface area contributed by atoms with E-state index in [9.17, 15) is 0 Å². The van der Waals surface area contributed by atoms with Crippen molar-refractivity contribution in [3.8, 4) is 33.4 Å². The first-order chi connectivity index (χ1) is 27.2. The van der Waals surface area contributed by atoms with Crippen molar-refractivity contribution < 1.29 is 4.42 Å². The van der Waals surface area contributed by atoms with Crippen LogP contribution in [0.4, 0.5) is 17.1 Å². The van der Waals surface area contributed by atoms with Crippen LogP contribution >= 0.6 is 11.3 Å². The Balaban J connectivity index is 1.06. The smallest absolute Gasteiger partial charge is 0.135 e. The van der Waals surface area contributed by atoms with Gasteiger partial charge in [-0.05, 0) is 99.3 Å². The monoisotopic (exact) mass is 719 g/mol. The lowest BCUT2D eigenvalue weighted by Crippen LogP contribution is -2.11. The molecule has 0 aliphatic heterocycles. The van der Waals surface area contributed by atoms with Crippen molar-refractivity contribution in [1.82, 2.24) is 0 Å². The van der Waals surface area contributed by atoms with Crippen LogP contribution in [-0.2, 0) is 0 Å². The maximum absolute atomic E-state index is 6.13. The van der Waals surface area contributed by atoms with Crippen molar-refractivity contribution in [2.45, 2.75) is 0 Å². The third kappa shape index (κ3) is 5.40. The molecule has 3 heteroatoms. The Morgan fingerprint density at radius 2 is 0.982 bits per heavy atom. The summed E-state index contributed by atoms with van der Waals surface area (Å²) >= 11 is 1.85. The van der Waals surface area contributed by atoms with Crippen LogP contribution in [0.1, 0.15) is 0 Å². The molecule has 0 spiro atoms. The molecule has 0 atom stereocenters. The molecule has 2 heterocycles. The molecule has 0 saturated heterocycles. The lowest BCUT2D eigenvalue weighted by molar-refractivity contribution is 0.669. The molecule has 55 heavy (non-hydrogen) atoms. The van der Waals surface area contributed by atoms with Crippen LogP contribution in [-0.4, -0.2) is 0 Å². The Morgan fingerprint density at radius 3 is 1.89 bits per heavy atom. The molecule has 0 saturated carbocycles. The molecule has 2 nitrogen and oxygen atoms in total. The van der Waals surface area contributed by atoms with Gasteiger partial charge in [0.1, 0.15) is 11.2 Å². The molecule has 0 radical (unpaired) electrons. The first-order valence-corrected chi connectivity index (χ1v) is 19.5. The molecule has 0 aliphatic carbocycles. The van der Waals surface area contributed by atoms with E-state index >= 15 is 0 Å². The second-order valence-corrected chi connectivity index (χ2v) is 15.2. The van der Waals surface area contributed by atoms with Gasteiger partial charge in [-0.25, -0.2) is 0 Å². The number of furan rings is 1. The molecule has 2 aromatic heterocycles. The highest BCUT2D eigenvalue weighted by Gasteiger charge is 2.19. The Labute approximate surface area is 322 Å². The molecule has 0 fully saturated rings.